The number of halogens is 2. The lowest BCUT2D eigenvalue weighted by Gasteiger charge is -2.03. The molecule has 0 saturated carbocycles. The van der Waals surface area contributed by atoms with Crippen molar-refractivity contribution in [2.24, 2.45) is 0 Å². The van der Waals surface area contributed by atoms with Gasteiger partial charge >= 0.3 is 6.08 Å². The highest BCUT2D eigenvalue weighted by molar-refractivity contribution is 6.31. The molecule has 0 aliphatic carbocycles. The second-order valence-electron chi connectivity index (χ2n) is 3.12. The number of nitrogens with zero attached hydrogens (tertiary/aromatic N) is 1. The van der Waals surface area contributed by atoms with Crippen molar-refractivity contribution in [2.75, 3.05) is 0 Å². The van der Waals surface area contributed by atoms with Crippen LogP contribution in [0.5, 0.6) is 6.08 Å². The van der Waals surface area contributed by atoms with Gasteiger partial charge in [-0.15, -0.1) is 11.6 Å². The molecule has 0 aliphatic rings. The van der Waals surface area contributed by atoms with Crippen LogP contribution >= 0.6 is 23.2 Å². The number of benzene rings is 1. The Bertz CT molecular complexity index is 471. The van der Waals surface area contributed by atoms with E-state index in [9.17, 15) is 0 Å². The number of aromatic nitrogens is 1. The van der Waals surface area contributed by atoms with E-state index in [1.165, 1.54) is 6.26 Å². The molecular formula is C11H9Cl2NO2. The zero-order chi connectivity index (χ0) is 11.4. The predicted molar refractivity (Wildman–Crippen MR) is 61.8 cm³/mol. The second-order valence-corrected chi connectivity index (χ2v) is 3.79. The van der Waals surface area contributed by atoms with Crippen LogP contribution in [0.2, 0.25) is 5.02 Å². The number of oxazole rings is 1. The maximum Gasteiger partial charge on any atom is 0.394 e. The van der Waals surface area contributed by atoms with E-state index in [0.717, 1.165) is 5.56 Å². The van der Waals surface area contributed by atoms with Gasteiger partial charge in [-0.05, 0) is 6.07 Å². The van der Waals surface area contributed by atoms with Crippen LogP contribution in [0.15, 0.2) is 34.9 Å². The van der Waals surface area contributed by atoms with E-state index in [-0.39, 0.29) is 6.08 Å². The van der Waals surface area contributed by atoms with E-state index in [1.54, 1.807) is 6.07 Å². The minimum Gasteiger partial charge on any atom is -0.445 e. The Morgan fingerprint density at radius 3 is 2.81 bits per heavy atom. The third-order valence-corrected chi connectivity index (χ3v) is 2.62. The summed E-state index contributed by atoms with van der Waals surface area (Å²) >= 11 is 11.6. The maximum absolute atomic E-state index is 5.97. The fourth-order valence-electron chi connectivity index (χ4n) is 1.17. The van der Waals surface area contributed by atoms with Crippen molar-refractivity contribution in [3.63, 3.8) is 0 Å². The minimum absolute atomic E-state index is 0.204. The van der Waals surface area contributed by atoms with Crippen molar-refractivity contribution in [2.45, 2.75) is 12.5 Å². The molecule has 0 spiro atoms. The fourth-order valence-corrected chi connectivity index (χ4v) is 1.48. The molecule has 84 valence electrons. The van der Waals surface area contributed by atoms with Crippen molar-refractivity contribution in [1.29, 1.82) is 0 Å². The smallest absolute Gasteiger partial charge is 0.394 e. The molecule has 0 fully saturated rings. The molecule has 0 N–H and O–H groups in total. The van der Waals surface area contributed by atoms with Crippen molar-refractivity contribution in [3.8, 4) is 6.08 Å². The summed E-state index contributed by atoms with van der Waals surface area (Å²) in [6.07, 6.45) is 1.67. The molecule has 1 aromatic heterocycles. The van der Waals surface area contributed by atoms with Crippen molar-refractivity contribution >= 4 is 23.2 Å². The van der Waals surface area contributed by atoms with E-state index < -0.39 is 0 Å². The van der Waals surface area contributed by atoms with E-state index >= 15 is 0 Å². The molecule has 2 rings (SSSR count). The van der Waals surface area contributed by atoms with E-state index in [4.69, 9.17) is 32.4 Å². The first-order valence-electron chi connectivity index (χ1n) is 4.66. The van der Waals surface area contributed by atoms with Gasteiger partial charge in [0.1, 0.15) is 12.9 Å². The molecule has 1 heterocycles. The van der Waals surface area contributed by atoms with Crippen LogP contribution in [-0.4, -0.2) is 4.98 Å². The third-order valence-electron chi connectivity index (χ3n) is 1.98. The fraction of sp³-hybridized carbons (Fsp3) is 0.182. The highest BCUT2D eigenvalue weighted by Gasteiger charge is 2.05. The summed E-state index contributed by atoms with van der Waals surface area (Å²) in [7, 11) is 0. The lowest BCUT2D eigenvalue weighted by atomic mass is 10.2. The molecule has 5 heteroatoms. The largest absolute Gasteiger partial charge is 0.445 e. The van der Waals surface area contributed by atoms with Gasteiger partial charge in [-0.2, -0.15) is 4.98 Å². The van der Waals surface area contributed by atoms with E-state index in [1.807, 2.05) is 18.2 Å². The number of hydrogen-bond donors (Lipinski definition) is 0. The molecular weight excluding hydrogens is 249 g/mol. The maximum atomic E-state index is 5.97. The SMILES string of the molecule is ClCc1coc(OCc2ccccc2Cl)n1. The Hall–Kier alpha value is -1.19. The Kier molecular flexibility index (Phi) is 3.70. The molecule has 3 nitrogen and oxygen atoms in total. The monoisotopic (exact) mass is 257 g/mol. The lowest BCUT2D eigenvalue weighted by Crippen LogP contribution is -1.96. The summed E-state index contributed by atoms with van der Waals surface area (Å²) in [6, 6.07) is 7.45. The molecule has 0 amide bonds. The second kappa shape index (κ2) is 5.23. The van der Waals surface area contributed by atoms with Crippen LogP contribution in [0.25, 0.3) is 0 Å². The van der Waals surface area contributed by atoms with Crippen LogP contribution < -0.4 is 4.74 Å². The minimum atomic E-state index is 0.204. The van der Waals surface area contributed by atoms with E-state index in [2.05, 4.69) is 4.98 Å². The Balaban J connectivity index is 1.99. The number of ether oxygens (including phenoxy) is 1. The van der Waals surface area contributed by atoms with Gasteiger partial charge < -0.3 is 9.15 Å². The molecule has 0 unspecified atom stereocenters. The quantitative estimate of drug-likeness (QED) is 0.785. The molecule has 2 aromatic rings. The van der Waals surface area contributed by atoms with Gasteiger partial charge in [-0.25, -0.2) is 0 Å². The van der Waals surface area contributed by atoms with Crippen molar-refractivity contribution in [1.82, 2.24) is 4.98 Å². The van der Waals surface area contributed by atoms with Crippen LogP contribution in [0.3, 0.4) is 0 Å². The Morgan fingerprint density at radius 2 is 2.12 bits per heavy atom. The normalized spacial score (nSPS) is 10.4. The topological polar surface area (TPSA) is 35.3 Å². The highest BCUT2D eigenvalue weighted by atomic mass is 35.5. The molecule has 0 atom stereocenters. The Morgan fingerprint density at radius 1 is 1.31 bits per heavy atom. The number of alkyl halides is 1. The molecule has 0 bridgehead atoms. The standard InChI is InChI=1S/C11H9Cl2NO2/c12-5-9-7-16-11(14-9)15-6-8-3-1-2-4-10(8)13/h1-4,7H,5-6H2. The van der Waals surface area contributed by atoms with Gasteiger partial charge in [0.05, 0.1) is 11.6 Å². The molecule has 0 saturated heterocycles. The lowest BCUT2D eigenvalue weighted by molar-refractivity contribution is 0.220. The first-order chi connectivity index (χ1) is 7.79. The van der Waals surface area contributed by atoms with Gasteiger partial charge in [-0.3, -0.25) is 0 Å². The molecule has 1 aromatic carbocycles. The molecule has 0 radical (unpaired) electrons. The average Bonchev–Trinajstić information content (AvgIpc) is 2.76. The van der Waals surface area contributed by atoms with Gasteiger partial charge in [-0.1, -0.05) is 29.8 Å². The van der Waals surface area contributed by atoms with Gasteiger partial charge in [0.2, 0.25) is 0 Å². The van der Waals surface area contributed by atoms with Gasteiger partial charge in [0, 0.05) is 10.6 Å². The average molecular weight is 258 g/mol. The van der Waals surface area contributed by atoms with Crippen LogP contribution in [0, 0.1) is 0 Å². The predicted octanol–water partition coefficient (Wildman–Crippen LogP) is 3.65. The highest BCUT2D eigenvalue weighted by Crippen LogP contribution is 2.18. The summed E-state index contributed by atoms with van der Waals surface area (Å²) < 4.78 is 10.4. The summed E-state index contributed by atoms with van der Waals surface area (Å²) in [5.41, 5.74) is 1.53. The summed E-state index contributed by atoms with van der Waals surface area (Å²) in [5.74, 6) is 0.305. The van der Waals surface area contributed by atoms with Gasteiger partial charge in [0.15, 0.2) is 0 Å². The zero-order valence-electron chi connectivity index (χ0n) is 8.32. The Labute approximate surface area is 103 Å². The summed E-state index contributed by atoms with van der Waals surface area (Å²) in [6.45, 7) is 0.321. The molecule has 0 aliphatic heterocycles. The first kappa shape index (κ1) is 11.3. The molecule has 16 heavy (non-hydrogen) atoms. The zero-order valence-corrected chi connectivity index (χ0v) is 9.83. The number of hydrogen-bond acceptors (Lipinski definition) is 3. The van der Waals surface area contributed by atoms with Crippen LogP contribution in [0.1, 0.15) is 11.3 Å². The number of rotatable bonds is 4. The third kappa shape index (κ3) is 2.68. The summed E-state index contributed by atoms with van der Waals surface area (Å²) in [5, 5.41) is 0.659. The van der Waals surface area contributed by atoms with Crippen molar-refractivity contribution in [3.05, 3.63) is 46.8 Å². The van der Waals surface area contributed by atoms with Crippen LogP contribution in [0.4, 0.5) is 0 Å². The summed E-state index contributed by atoms with van der Waals surface area (Å²) in [4.78, 5) is 4.01. The van der Waals surface area contributed by atoms with E-state index in [0.29, 0.717) is 23.2 Å². The van der Waals surface area contributed by atoms with Crippen LogP contribution in [-0.2, 0) is 12.5 Å². The first-order valence-corrected chi connectivity index (χ1v) is 5.57. The van der Waals surface area contributed by atoms with Gasteiger partial charge in [0.25, 0.3) is 0 Å². The van der Waals surface area contributed by atoms with Crippen molar-refractivity contribution < 1.29 is 9.15 Å².